The zero-order chi connectivity index (χ0) is 19.5. The van der Waals surface area contributed by atoms with Crippen LogP contribution in [0.25, 0.3) is 21.7 Å². The Morgan fingerprint density at radius 2 is 1.82 bits per heavy atom. The number of hydrogen-bond acceptors (Lipinski definition) is 4. The molecule has 28 heavy (non-hydrogen) atoms. The predicted molar refractivity (Wildman–Crippen MR) is 116 cm³/mol. The normalized spacial score (nSPS) is 11.5. The van der Waals surface area contributed by atoms with E-state index in [9.17, 15) is 4.79 Å². The van der Waals surface area contributed by atoms with E-state index in [1.165, 1.54) is 4.68 Å². The third kappa shape index (κ3) is 3.34. The molecule has 1 aromatic heterocycles. The Hall–Kier alpha value is -3.25. The predicted octanol–water partition coefficient (Wildman–Crippen LogP) is 4.88. The lowest BCUT2D eigenvalue weighted by Gasteiger charge is -2.11. The Morgan fingerprint density at radius 1 is 1.07 bits per heavy atom. The SMILES string of the molecule is CCCOc1ccc2ccccc2c1C=Nn1c(=S)[nH]c2ccccc2c1=O. The first kappa shape index (κ1) is 18.1. The number of fused-ring (bicyclic) bond motifs is 2. The Bertz CT molecular complexity index is 1300. The molecule has 0 unspecified atom stereocenters. The summed E-state index contributed by atoms with van der Waals surface area (Å²) in [6.07, 6.45) is 2.55. The van der Waals surface area contributed by atoms with E-state index < -0.39 is 0 Å². The second-order valence-electron chi connectivity index (χ2n) is 6.38. The van der Waals surface area contributed by atoms with Crippen molar-refractivity contribution in [3.63, 3.8) is 0 Å². The molecule has 0 spiro atoms. The molecule has 0 radical (unpaired) electrons. The van der Waals surface area contributed by atoms with E-state index in [-0.39, 0.29) is 10.3 Å². The summed E-state index contributed by atoms with van der Waals surface area (Å²) < 4.78 is 7.36. The van der Waals surface area contributed by atoms with Gasteiger partial charge in [-0.25, -0.2) is 0 Å². The van der Waals surface area contributed by atoms with E-state index in [4.69, 9.17) is 17.0 Å². The molecule has 3 aromatic carbocycles. The molecular formula is C22H19N3O2S. The maximum Gasteiger partial charge on any atom is 0.282 e. The van der Waals surface area contributed by atoms with E-state index in [2.05, 4.69) is 17.0 Å². The molecular weight excluding hydrogens is 370 g/mol. The highest BCUT2D eigenvalue weighted by Gasteiger charge is 2.08. The average molecular weight is 389 g/mol. The van der Waals surface area contributed by atoms with Crippen molar-refractivity contribution in [2.24, 2.45) is 5.10 Å². The number of ether oxygens (including phenoxy) is 1. The summed E-state index contributed by atoms with van der Waals surface area (Å²) in [5.74, 6) is 0.730. The van der Waals surface area contributed by atoms with Crippen LogP contribution >= 0.6 is 12.2 Å². The van der Waals surface area contributed by atoms with E-state index in [1.807, 2.05) is 54.6 Å². The molecule has 140 valence electrons. The summed E-state index contributed by atoms with van der Waals surface area (Å²) in [4.78, 5) is 15.9. The van der Waals surface area contributed by atoms with Gasteiger partial charge in [0.15, 0.2) is 0 Å². The molecule has 0 fully saturated rings. The number of aromatic nitrogens is 2. The van der Waals surface area contributed by atoms with Crippen LogP contribution in [-0.4, -0.2) is 22.5 Å². The smallest absolute Gasteiger partial charge is 0.282 e. The number of aromatic amines is 1. The third-order valence-corrected chi connectivity index (χ3v) is 4.75. The van der Waals surface area contributed by atoms with Crippen LogP contribution in [0.3, 0.4) is 0 Å². The van der Waals surface area contributed by atoms with Crippen LogP contribution in [0.15, 0.2) is 70.6 Å². The number of nitrogens with one attached hydrogen (secondary N) is 1. The Balaban J connectivity index is 1.88. The zero-order valence-corrected chi connectivity index (χ0v) is 16.2. The van der Waals surface area contributed by atoms with Crippen molar-refractivity contribution in [3.8, 4) is 5.75 Å². The maximum atomic E-state index is 12.8. The van der Waals surface area contributed by atoms with E-state index in [0.717, 1.165) is 28.5 Å². The van der Waals surface area contributed by atoms with Crippen LogP contribution in [0.5, 0.6) is 5.75 Å². The molecule has 6 heteroatoms. The molecule has 4 rings (SSSR count). The number of benzene rings is 3. The lowest BCUT2D eigenvalue weighted by Crippen LogP contribution is -2.18. The first-order valence-corrected chi connectivity index (χ1v) is 9.53. The largest absolute Gasteiger partial charge is 0.493 e. The fraction of sp³-hybridized carbons (Fsp3) is 0.136. The standard InChI is InChI=1S/C22H19N3O2S/c1-2-13-27-20-12-11-15-7-3-4-8-16(15)18(20)14-23-25-21(26)17-9-5-6-10-19(17)24-22(25)28/h3-12,14H,2,13H2,1H3,(H,24,28). The summed E-state index contributed by atoms with van der Waals surface area (Å²) in [5, 5.41) is 7.02. The van der Waals surface area contributed by atoms with Gasteiger partial charge in [-0.3, -0.25) is 4.79 Å². The lowest BCUT2D eigenvalue weighted by molar-refractivity contribution is 0.317. The molecule has 0 aliphatic heterocycles. The van der Waals surface area contributed by atoms with E-state index >= 15 is 0 Å². The van der Waals surface area contributed by atoms with Gasteiger partial charge in [-0.05, 0) is 47.6 Å². The number of nitrogens with zero attached hydrogens (tertiary/aromatic N) is 2. The van der Waals surface area contributed by atoms with E-state index in [0.29, 0.717) is 17.5 Å². The summed E-state index contributed by atoms with van der Waals surface area (Å²) in [6.45, 7) is 2.66. The fourth-order valence-corrected chi connectivity index (χ4v) is 3.36. The highest BCUT2D eigenvalue weighted by Crippen LogP contribution is 2.27. The van der Waals surface area contributed by atoms with Crippen molar-refractivity contribution < 1.29 is 4.74 Å². The molecule has 5 nitrogen and oxygen atoms in total. The Morgan fingerprint density at radius 3 is 2.64 bits per heavy atom. The first-order chi connectivity index (χ1) is 13.7. The van der Waals surface area contributed by atoms with Gasteiger partial charge in [0.25, 0.3) is 5.56 Å². The van der Waals surface area contributed by atoms with Gasteiger partial charge < -0.3 is 9.72 Å². The molecule has 0 saturated heterocycles. The van der Waals surface area contributed by atoms with Crippen LogP contribution in [0.1, 0.15) is 18.9 Å². The summed E-state index contributed by atoms with van der Waals surface area (Å²) in [7, 11) is 0. The zero-order valence-electron chi connectivity index (χ0n) is 15.4. The average Bonchev–Trinajstić information content (AvgIpc) is 2.72. The summed E-state index contributed by atoms with van der Waals surface area (Å²) in [6, 6.07) is 19.2. The van der Waals surface area contributed by atoms with Crippen LogP contribution in [0, 0.1) is 4.77 Å². The van der Waals surface area contributed by atoms with Crippen molar-refractivity contribution >= 4 is 40.1 Å². The van der Waals surface area contributed by atoms with Crippen LogP contribution in [0.4, 0.5) is 0 Å². The van der Waals surface area contributed by atoms with Crippen LogP contribution < -0.4 is 10.3 Å². The second-order valence-corrected chi connectivity index (χ2v) is 6.77. The number of hydrogen-bond donors (Lipinski definition) is 1. The molecule has 1 heterocycles. The van der Waals surface area contributed by atoms with Gasteiger partial charge in [0.1, 0.15) is 5.75 Å². The Kier molecular flexibility index (Phi) is 5.04. The molecule has 0 aliphatic carbocycles. The topological polar surface area (TPSA) is 59.4 Å². The van der Waals surface area contributed by atoms with Gasteiger partial charge in [-0.1, -0.05) is 49.4 Å². The highest BCUT2D eigenvalue weighted by atomic mass is 32.1. The van der Waals surface area contributed by atoms with Gasteiger partial charge in [-0.15, -0.1) is 0 Å². The molecule has 0 aliphatic rings. The molecule has 0 amide bonds. The van der Waals surface area contributed by atoms with Crippen molar-refractivity contribution in [1.82, 2.24) is 9.66 Å². The number of H-pyrrole nitrogens is 1. The molecule has 0 saturated carbocycles. The van der Waals surface area contributed by atoms with Crippen LogP contribution in [-0.2, 0) is 0 Å². The van der Waals surface area contributed by atoms with Crippen molar-refractivity contribution in [2.45, 2.75) is 13.3 Å². The lowest BCUT2D eigenvalue weighted by atomic mass is 10.0. The van der Waals surface area contributed by atoms with Gasteiger partial charge in [0.05, 0.1) is 23.7 Å². The first-order valence-electron chi connectivity index (χ1n) is 9.12. The van der Waals surface area contributed by atoms with Gasteiger partial charge in [-0.2, -0.15) is 9.78 Å². The highest BCUT2D eigenvalue weighted by molar-refractivity contribution is 7.71. The van der Waals surface area contributed by atoms with Gasteiger partial charge in [0, 0.05) is 5.56 Å². The Labute approximate surface area is 166 Å². The fourth-order valence-electron chi connectivity index (χ4n) is 3.12. The second kappa shape index (κ2) is 7.78. The molecule has 4 aromatic rings. The van der Waals surface area contributed by atoms with Crippen molar-refractivity contribution in [1.29, 1.82) is 0 Å². The third-order valence-electron chi connectivity index (χ3n) is 4.48. The molecule has 0 atom stereocenters. The van der Waals surface area contributed by atoms with Gasteiger partial charge >= 0.3 is 0 Å². The minimum atomic E-state index is -0.258. The quantitative estimate of drug-likeness (QED) is 0.391. The minimum Gasteiger partial charge on any atom is -0.493 e. The molecule has 1 N–H and O–H groups in total. The number of para-hydroxylation sites is 1. The minimum absolute atomic E-state index is 0.246. The number of rotatable bonds is 5. The van der Waals surface area contributed by atoms with Crippen LogP contribution in [0.2, 0.25) is 0 Å². The van der Waals surface area contributed by atoms with Gasteiger partial charge in [0.2, 0.25) is 4.77 Å². The van der Waals surface area contributed by atoms with E-state index in [1.54, 1.807) is 12.3 Å². The summed E-state index contributed by atoms with van der Waals surface area (Å²) in [5.41, 5.74) is 1.26. The monoisotopic (exact) mass is 389 g/mol. The molecule has 0 bridgehead atoms. The summed E-state index contributed by atoms with van der Waals surface area (Å²) >= 11 is 5.34. The van der Waals surface area contributed by atoms with Crippen molar-refractivity contribution in [2.75, 3.05) is 6.61 Å². The van der Waals surface area contributed by atoms with Crippen molar-refractivity contribution in [3.05, 3.63) is 81.4 Å². The maximum absolute atomic E-state index is 12.8.